The Hall–Kier alpha value is -1.47. The van der Waals surface area contributed by atoms with Crippen molar-refractivity contribution in [3.05, 3.63) is 50.9 Å². The molecular formula is C12H9Br2N5. The molecule has 0 saturated carbocycles. The minimum absolute atomic E-state index is 0.204. The zero-order chi connectivity index (χ0) is 13.4. The zero-order valence-electron chi connectivity index (χ0n) is 9.69. The summed E-state index contributed by atoms with van der Waals surface area (Å²) in [5, 5.41) is 7.73. The molecule has 1 aromatic carbocycles. The summed E-state index contributed by atoms with van der Waals surface area (Å²) in [4.78, 5) is 11.3. The summed E-state index contributed by atoms with van der Waals surface area (Å²) in [6, 6.07) is 5.96. The summed E-state index contributed by atoms with van der Waals surface area (Å²) in [6.45, 7) is 0.622. The van der Waals surface area contributed by atoms with Crippen LogP contribution in [0.15, 0.2) is 39.8 Å². The van der Waals surface area contributed by atoms with E-state index >= 15 is 0 Å². The molecule has 96 valence electrons. The van der Waals surface area contributed by atoms with Crippen molar-refractivity contribution in [1.82, 2.24) is 19.5 Å². The van der Waals surface area contributed by atoms with Crippen molar-refractivity contribution in [1.29, 1.82) is 5.41 Å². The van der Waals surface area contributed by atoms with Crippen LogP contribution in [0, 0.1) is 5.41 Å². The Kier molecular flexibility index (Phi) is 3.24. The van der Waals surface area contributed by atoms with Crippen LogP contribution >= 0.6 is 31.9 Å². The number of fused-ring (bicyclic) bond motifs is 1. The number of aromatic nitrogens is 4. The number of benzene rings is 1. The highest BCUT2D eigenvalue weighted by Gasteiger charge is 2.09. The highest BCUT2D eigenvalue weighted by atomic mass is 79.9. The maximum Gasteiger partial charge on any atom is 0.173 e. The number of aromatic amines is 1. The average molecular weight is 383 g/mol. The Morgan fingerprint density at radius 3 is 2.68 bits per heavy atom. The van der Waals surface area contributed by atoms with Gasteiger partial charge in [0.05, 0.1) is 19.2 Å². The van der Waals surface area contributed by atoms with E-state index in [1.165, 1.54) is 0 Å². The van der Waals surface area contributed by atoms with Crippen molar-refractivity contribution >= 4 is 43.0 Å². The molecule has 0 amide bonds. The van der Waals surface area contributed by atoms with E-state index in [-0.39, 0.29) is 5.49 Å². The van der Waals surface area contributed by atoms with Crippen molar-refractivity contribution < 1.29 is 0 Å². The van der Waals surface area contributed by atoms with Gasteiger partial charge >= 0.3 is 0 Å². The summed E-state index contributed by atoms with van der Waals surface area (Å²) in [7, 11) is 0. The van der Waals surface area contributed by atoms with Crippen LogP contribution in [-0.2, 0) is 6.54 Å². The third-order valence-electron chi connectivity index (χ3n) is 2.84. The van der Waals surface area contributed by atoms with Crippen LogP contribution in [0.5, 0.6) is 0 Å². The van der Waals surface area contributed by atoms with Gasteiger partial charge in [-0.25, -0.2) is 9.97 Å². The van der Waals surface area contributed by atoms with E-state index in [0.29, 0.717) is 12.1 Å². The molecule has 7 heteroatoms. The first-order valence-electron chi connectivity index (χ1n) is 5.53. The zero-order valence-corrected chi connectivity index (χ0v) is 12.9. The molecule has 2 aromatic heterocycles. The molecule has 2 heterocycles. The predicted molar refractivity (Wildman–Crippen MR) is 78.7 cm³/mol. The standard InChI is InChI=1S/C12H9Br2N5/c13-8-2-1-3-9(14)7(8)4-19-6-18-11(15)10-12(19)17-5-16-10/h1-3,5-6,15H,4H2,(H,16,17). The second-order valence-electron chi connectivity index (χ2n) is 4.02. The van der Waals surface area contributed by atoms with Crippen LogP contribution in [0.2, 0.25) is 0 Å². The Balaban J connectivity index is 2.14. The summed E-state index contributed by atoms with van der Waals surface area (Å²) < 4.78 is 3.95. The molecule has 0 aliphatic rings. The van der Waals surface area contributed by atoms with Gasteiger partial charge in [0.25, 0.3) is 0 Å². The van der Waals surface area contributed by atoms with Gasteiger partial charge in [-0.15, -0.1) is 0 Å². The highest BCUT2D eigenvalue weighted by molar-refractivity contribution is 9.11. The normalized spacial score (nSPS) is 11.1. The number of nitrogens with one attached hydrogen (secondary N) is 2. The van der Waals surface area contributed by atoms with Crippen molar-refractivity contribution in [3.8, 4) is 0 Å². The van der Waals surface area contributed by atoms with Gasteiger partial charge in [0.2, 0.25) is 0 Å². The van der Waals surface area contributed by atoms with Gasteiger partial charge in [0.1, 0.15) is 5.52 Å². The van der Waals surface area contributed by atoms with E-state index in [1.54, 1.807) is 12.7 Å². The third-order valence-corrected chi connectivity index (χ3v) is 4.33. The Morgan fingerprint density at radius 2 is 1.95 bits per heavy atom. The molecule has 0 spiro atoms. The molecule has 2 N–H and O–H groups in total. The van der Waals surface area contributed by atoms with Crippen LogP contribution in [0.3, 0.4) is 0 Å². The summed E-state index contributed by atoms with van der Waals surface area (Å²) >= 11 is 7.09. The van der Waals surface area contributed by atoms with Gasteiger partial charge in [-0.05, 0) is 12.1 Å². The SMILES string of the molecule is N=c1ncn(Cc2c(Br)cccc2Br)c2nc[nH]c12. The molecule has 0 bridgehead atoms. The molecule has 0 unspecified atom stereocenters. The van der Waals surface area contributed by atoms with E-state index in [2.05, 4.69) is 46.8 Å². The van der Waals surface area contributed by atoms with E-state index in [4.69, 9.17) is 5.41 Å². The predicted octanol–water partition coefficient (Wildman–Crippen LogP) is 2.81. The maximum atomic E-state index is 7.73. The quantitative estimate of drug-likeness (QED) is 0.715. The second kappa shape index (κ2) is 4.90. The lowest BCUT2D eigenvalue weighted by Gasteiger charge is -2.10. The van der Waals surface area contributed by atoms with E-state index in [1.807, 2.05) is 22.8 Å². The molecular weight excluding hydrogens is 374 g/mol. The second-order valence-corrected chi connectivity index (χ2v) is 5.73. The Morgan fingerprint density at radius 1 is 1.21 bits per heavy atom. The summed E-state index contributed by atoms with van der Waals surface area (Å²) in [5.74, 6) is 0. The number of hydrogen-bond acceptors (Lipinski definition) is 3. The van der Waals surface area contributed by atoms with Gasteiger partial charge in [-0.2, -0.15) is 0 Å². The Labute approximate surface area is 125 Å². The van der Waals surface area contributed by atoms with Crippen LogP contribution in [0.1, 0.15) is 5.56 Å². The summed E-state index contributed by atoms with van der Waals surface area (Å²) in [5.41, 5.74) is 2.68. The molecule has 0 radical (unpaired) electrons. The fourth-order valence-electron chi connectivity index (χ4n) is 1.90. The van der Waals surface area contributed by atoms with Gasteiger partial charge in [0.15, 0.2) is 11.1 Å². The van der Waals surface area contributed by atoms with Crippen molar-refractivity contribution in [3.63, 3.8) is 0 Å². The van der Waals surface area contributed by atoms with Crippen LogP contribution in [0.4, 0.5) is 0 Å². The van der Waals surface area contributed by atoms with E-state index in [9.17, 15) is 0 Å². The molecule has 3 rings (SSSR count). The lowest BCUT2D eigenvalue weighted by molar-refractivity contribution is 0.778. The molecule has 0 saturated heterocycles. The lowest BCUT2D eigenvalue weighted by atomic mass is 10.2. The largest absolute Gasteiger partial charge is 0.340 e. The fraction of sp³-hybridized carbons (Fsp3) is 0.0833. The third kappa shape index (κ3) is 2.23. The number of nitrogens with zero attached hydrogens (tertiary/aromatic N) is 3. The Bertz CT molecular complexity index is 785. The average Bonchev–Trinajstić information content (AvgIpc) is 2.87. The van der Waals surface area contributed by atoms with Crippen molar-refractivity contribution in [2.24, 2.45) is 0 Å². The highest BCUT2D eigenvalue weighted by Crippen LogP contribution is 2.26. The van der Waals surface area contributed by atoms with E-state index < -0.39 is 0 Å². The molecule has 19 heavy (non-hydrogen) atoms. The molecule has 3 aromatic rings. The molecule has 0 aliphatic carbocycles. The number of halogens is 2. The molecule has 0 fully saturated rings. The van der Waals surface area contributed by atoms with Crippen LogP contribution in [-0.4, -0.2) is 19.5 Å². The number of rotatable bonds is 2. The van der Waals surface area contributed by atoms with Crippen LogP contribution in [0.25, 0.3) is 11.2 Å². The smallest absolute Gasteiger partial charge is 0.173 e. The van der Waals surface area contributed by atoms with Crippen LogP contribution < -0.4 is 5.49 Å². The van der Waals surface area contributed by atoms with Gasteiger partial charge in [0, 0.05) is 14.5 Å². The monoisotopic (exact) mass is 381 g/mol. The number of imidazole rings is 1. The topological polar surface area (TPSA) is 70.3 Å². The minimum Gasteiger partial charge on any atom is -0.340 e. The number of H-pyrrole nitrogens is 1. The summed E-state index contributed by atoms with van der Waals surface area (Å²) in [6.07, 6.45) is 3.22. The van der Waals surface area contributed by atoms with Gasteiger partial charge < -0.3 is 9.55 Å². The first kappa shape index (κ1) is 12.6. The number of hydrogen-bond donors (Lipinski definition) is 2. The van der Waals surface area contributed by atoms with Crippen molar-refractivity contribution in [2.75, 3.05) is 0 Å². The van der Waals surface area contributed by atoms with E-state index in [0.717, 1.165) is 20.2 Å². The maximum absolute atomic E-state index is 7.73. The van der Waals surface area contributed by atoms with Gasteiger partial charge in [-0.3, -0.25) is 5.41 Å². The lowest BCUT2D eigenvalue weighted by Crippen LogP contribution is -2.13. The van der Waals surface area contributed by atoms with Crippen molar-refractivity contribution in [2.45, 2.75) is 6.54 Å². The molecule has 5 nitrogen and oxygen atoms in total. The first-order valence-corrected chi connectivity index (χ1v) is 7.11. The fourth-order valence-corrected chi connectivity index (χ4v) is 3.14. The minimum atomic E-state index is 0.204. The molecule has 0 atom stereocenters. The first-order chi connectivity index (χ1) is 9.16. The molecule has 0 aliphatic heterocycles. The van der Waals surface area contributed by atoms with Gasteiger partial charge in [-0.1, -0.05) is 37.9 Å².